The van der Waals surface area contributed by atoms with Gasteiger partial charge in [-0.15, -0.1) is 0 Å². The molecule has 4 rings (SSSR count). The highest BCUT2D eigenvalue weighted by atomic mass is 32.2. The topological polar surface area (TPSA) is 91.3 Å². The Kier molecular flexibility index (Phi) is 5.85. The maximum absolute atomic E-state index is 13.6. The van der Waals surface area contributed by atoms with Crippen molar-refractivity contribution in [2.45, 2.75) is 23.6 Å². The lowest BCUT2D eigenvalue weighted by Crippen LogP contribution is -2.06. The molecule has 8 nitrogen and oxygen atoms in total. The fourth-order valence-corrected chi connectivity index (χ4v) is 5.04. The Balaban J connectivity index is 1.81. The highest BCUT2D eigenvalue weighted by molar-refractivity contribution is 7.91. The highest BCUT2D eigenvalue weighted by Crippen LogP contribution is 2.36. The Bertz CT molecular complexity index is 1490. The minimum absolute atomic E-state index is 0.0146. The van der Waals surface area contributed by atoms with Crippen molar-refractivity contribution in [3.05, 3.63) is 89.5 Å². The number of sulfone groups is 1. The van der Waals surface area contributed by atoms with Crippen LogP contribution in [0, 0.1) is 13.5 Å². The number of nitrogens with zero attached hydrogens (tertiary/aromatic N) is 3. The minimum Gasteiger partial charge on any atom is -0.462 e. The smallest absolute Gasteiger partial charge is 0.340 e. The van der Waals surface area contributed by atoms with E-state index in [1.54, 1.807) is 38.1 Å². The summed E-state index contributed by atoms with van der Waals surface area (Å²) in [7, 11) is -4.13. The van der Waals surface area contributed by atoms with Gasteiger partial charge in [-0.2, -0.15) is 5.10 Å². The van der Waals surface area contributed by atoms with Gasteiger partial charge in [0.1, 0.15) is 16.4 Å². The molecule has 0 aliphatic rings. The molecule has 33 heavy (non-hydrogen) atoms. The molecule has 0 amide bonds. The summed E-state index contributed by atoms with van der Waals surface area (Å²) in [5, 5.41) is 4.12. The van der Waals surface area contributed by atoms with Crippen molar-refractivity contribution in [3.8, 4) is 11.5 Å². The number of aryl methyl sites for hydroxylation is 1. The largest absolute Gasteiger partial charge is 0.462 e. The lowest BCUT2D eigenvalue weighted by Gasteiger charge is -2.11. The molecular weight excluding hydrogens is 442 g/mol. The number of hydrogen-bond donors (Lipinski definition) is 0. The molecule has 0 atom stereocenters. The first-order valence-corrected chi connectivity index (χ1v) is 11.5. The Labute approximate surface area is 190 Å². The van der Waals surface area contributed by atoms with Crippen molar-refractivity contribution in [1.82, 2.24) is 9.61 Å². The number of carbonyl (C=O) groups excluding carboxylic acids is 1. The van der Waals surface area contributed by atoms with E-state index >= 15 is 0 Å². The number of aromatic nitrogens is 2. The van der Waals surface area contributed by atoms with Crippen LogP contribution >= 0.6 is 0 Å². The van der Waals surface area contributed by atoms with Crippen LogP contribution in [-0.4, -0.2) is 30.6 Å². The normalized spacial score (nSPS) is 11.2. The lowest BCUT2D eigenvalue weighted by molar-refractivity contribution is 0.0525. The van der Waals surface area contributed by atoms with E-state index in [2.05, 4.69) is 9.94 Å². The molecule has 0 bridgehead atoms. The van der Waals surface area contributed by atoms with Crippen LogP contribution in [0.5, 0.6) is 11.5 Å². The van der Waals surface area contributed by atoms with Crippen LogP contribution in [0.2, 0.25) is 0 Å². The van der Waals surface area contributed by atoms with Crippen LogP contribution in [0.3, 0.4) is 0 Å². The van der Waals surface area contributed by atoms with Crippen molar-refractivity contribution < 1.29 is 22.7 Å². The van der Waals surface area contributed by atoms with E-state index in [0.29, 0.717) is 17.1 Å². The van der Waals surface area contributed by atoms with Gasteiger partial charge in [0.15, 0.2) is 9.84 Å². The molecule has 4 aromatic rings. The van der Waals surface area contributed by atoms with E-state index in [0.717, 1.165) is 0 Å². The van der Waals surface area contributed by atoms with Gasteiger partial charge in [0, 0.05) is 6.20 Å². The summed E-state index contributed by atoms with van der Waals surface area (Å²) in [5.74, 6) is 0.499. The van der Waals surface area contributed by atoms with Gasteiger partial charge < -0.3 is 9.47 Å². The van der Waals surface area contributed by atoms with Gasteiger partial charge in [0.25, 0.3) is 0 Å². The van der Waals surface area contributed by atoms with Gasteiger partial charge in [0.05, 0.1) is 35.4 Å². The monoisotopic (exact) mass is 461 g/mol. The van der Waals surface area contributed by atoms with Crippen LogP contribution in [-0.2, 0) is 14.6 Å². The molecule has 0 aliphatic heterocycles. The number of carbonyl (C=O) groups is 1. The van der Waals surface area contributed by atoms with E-state index in [4.69, 9.17) is 16.0 Å². The van der Waals surface area contributed by atoms with E-state index in [1.165, 1.54) is 29.0 Å². The molecule has 0 aliphatic carbocycles. The van der Waals surface area contributed by atoms with E-state index in [-0.39, 0.29) is 33.2 Å². The Morgan fingerprint density at radius 1 is 1.09 bits per heavy atom. The van der Waals surface area contributed by atoms with Gasteiger partial charge in [-0.05, 0) is 55.8 Å². The fraction of sp³-hybridized carbons (Fsp3) is 0.125. The number of rotatable bonds is 6. The molecule has 2 aromatic heterocycles. The van der Waals surface area contributed by atoms with Gasteiger partial charge >= 0.3 is 5.97 Å². The van der Waals surface area contributed by atoms with Crippen molar-refractivity contribution in [2.75, 3.05) is 6.61 Å². The molecule has 0 spiro atoms. The minimum atomic E-state index is -4.13. The quantitative estimate of drug-likeness (QED) is 0.297. The van der Waals surface area contributed by atoms with Gasteiger partial charge in [0.2, 0.25) is 5.69 Å². The summed E-state index contributed by atoms with van der Waals surface area (Å²) in [5.41, 5.74) is 0.587. The second-order valence-electron chi connectivity index (χ2n) is 7.04. The number of esters is 1. The van der Waals surface area contributed by atoms with Gasteiger partial charge in [-0.25, -0.2) is 22.6 Å². The molecule has 2 aromatic carbocycles. The lowest BCUT2D eigenvalue weighted by atomic mass is 10.2. The summed E-state index contributed by atoms with van der Waals surface area (Å²) in [6.07, 6.45) is 2.58. The van der Waals surface area contributed by atoms with E-state index in [9.17, 15) is 13.2 Å². The van der Waals surface area contributed by atoms with Crippen LogP contribution in [0.25, 0.3) is 10.4 Å². The average molecular weight is 461 g/mol. The van der Waals surface area contributed by atoms with Crippen LogP contribution < -0.4 is 4.74 Å². The van der Waals surface area contributed by atoms with Crippen molar-refractivity contribution in [3.63, 3.8) is 0 Å². The maximum Gasteiger partial charge on any atom is 0.340 e. The number of fused-ring (bicyclic) bond motifs is 1. The van der Waals surface area contributed by atoms with Crippen molar-refractivity contribution in [2.24, 2.45) is 0 Å². The van der Waals surface area contributed by atoms with Crippen LogP contribution in [0.4, 0.5) is 5.69 Å². The first-order chi connectivity index (χ1) is 15.9. The third-order valence-corrected chi connectivity index (χ3v) is 6.82. The number of benzene rings is 2. The zero-order valence-corrected chi connectivity index (χ0v) is 18.7. The first-order valence-electron chi connectivity index (χ1n) is 10.0. The molecule has 0 unspecified atom stereocenters. The van der Waals surface area contributed by atoms with Crippen molar-refractivity contribution >= 4 is 27.0 Å². The summed E-state index contributed by atoms with van der Waals surface area (Å²) in [6, 6.07) is 15.0. The molecule has 9 heteroatoms. The van der Waals surface area contributed by atoms with E-state index in [1.807, 2.05) is 18.2 Å². The third kappa shape index (κ3) is 4.04. The Morgan fingerprint density at radius 2 is 1.76 bits per heavy atom. The Hall–Kier alpha value is -4.16. The summed E-state index contributed by atoms with van der Waals surface area (Å²) in [6.45, 7) is 10.9. The summed E-state index contributed by atoms with van der Waals surface area (Å²) < 4.78 is 39.3. The van der Waals surface area contributed by atoms with Crippen LogP contribution in [0.15, 0.2) is 76.8 Å². The Morgan fingerprint density at radius 3 is 2.39 bits per heavy atom. The average Bonchev–Trinajstić information content (AvgIpc) is 3.16. The third-order valence-electron chi connectivity index (χ3n) is 4.99. The van der Waals surface area contributed by atoms with Gasteiger partial charge in [-0.3, -0.25) is 0 Å². The zero-order chi connectivity index (χ0) is 23.6. The fourth-order valence-electron chi connectivity index (χ4n) is 3.43. The molecule has 2 heterocycles. The molecule has 0 fully saturated rings. The highest BCUT2D eigenvalue weighted by Gasteiger charge is 2.29. The van der Waals surface area contributed by atoms with E-state index < -0.39 is 15.8 Å². The number of hydrogen-bond acceptors (Lipinski definition) is 6. The predicted octanol–water partition coefficient (Wildman–Crippen LogP) is 5.00. The molecule has 0 saturated heterocycles. The van der Waals surface area contributed by atoms with Gasteiger partial charge in [-0.1, -0.05) is 18.2 Å². The first kappa shape index (κ1) is 22.0. The summed E-state index contributed by atoms with van der Waals surface area (Å²) in [4.78, 5) is 15.5. The van der Waals surface area contributed by atoms with Crippen molar-refractivity contribution in [1.29, 1.82) is 0 Å². The number of para-hydroxylation sites is 1. The molecule has 0 N–H and O–H groups in total. The number of ether oxygens (including phenoxy) is 2. The predicted molar refractivity (Wildman–Crippen MR) is 121 cm³/mol. The molecular formula is C24H19N3O5S. The molecule has 166 valence electrons. The molecule has 0 radical (unpaired) electrons. The SMILES string of the molecule is [C-]#[N+]c1cnn2cc(C(=O)OCC)c(C)c2c1S(=O)(=O)c1ccc(Oc2ccccc2)cc1. The second kappa shape index (κ2) is 8.76. The summed E-state index contributed by atoms with van der Waals surface area (Å²) >= 11 is 0. The second-order valence-corrected chi connectivity index (χ2v) is 8.93. The maximum atomic E-state index is 13.6. The standard InChI is InChI=1S/C24H19N3O5S/c1-4-31-24(28)20-15-27-22(16(20)2)23(21(25-3)14-26-27)33(29,30)19-12-10-18(11-13-19)32-17-8-6-5-7-9-17/h5-15H,4H2,1-2H3. The zero-order valence-electron chi connectivity index (χ0n) is 17.8. The molecule has 0 saturated carbocycles. The van der Waals surface area contributed by atoms with Crippen LogP contribution in [0.1, 0.15) is 22.8 Å².